The smallest absolute Gasteiger partial charge is 0.240 e. The first kappa shape index (κ1) is 15.7. The van der Waals surface area contributed by atoms with E-state index in [1.165, 1.54) is 18.2 Å². The number of anilines is 1. The predicted octanol–water partition coefficient (Wildman–Crippen LogP) is 0.594. The van der Waals surface area contributed by atoms with Crippen molar-refractivity contribution >= 4 is 15.7 Å². The molecule has 0 bridgehead atoms. The average Bonchev–Trinajstić information content (AvgIpc) is 2.31. The van der Waals surface area contributed by atoms with Crippen LogP contribution in [0.1, 0.15) is 12.8 Å². The molecule has 6 nitrogen and oxygen atoms in total. The molecule has 19 heavy (non-hydrogen) atoms. The molecule has 0 atom stereocenters. The summed E-state index contributed by atoms with van der Waals surface area (Å²) in [7, 11) is 0.396. The lowest BCUT2D eigenvalue weighted by atomic mass is 10.3. The van der Waals surface area contributed by atoms with Crippen molar-refractivity contribution in [2.75, 3.05) is 32.9 Å². The third-order valence-corrected chi connectivity index (χ3v) is 4.09. The Morgan fingerprint density at radius 3 is 2.58 bits per heavy atom. The van der Waals surface area contributed by atoms with Gasteiger partial charge in [0.2, 0.25) is 10.0 Å². The van der Waals surface area contributed by atoms with Gasteiger partial charge in [0.25, 0.3) is 0 Å². The van der Waals surface area contributed by atoms with Gasteiger partial charge in [0.15, 0.2) is 0 Å². The lowest BCUT2D eigenvalue weighted by Crippen LogP contribution is -2.25. The van der Waals surface area contributed by atoms with Crippen molar-refractivity contribution in [1.29, 1.82) is 0 Å². The van der Waals surface area contributed by atoms with Crippen molar-refractivity contribution < 1.29 is 13.5 Å². The van der Waals surface area contributed by atoms with E-state index in [4.69, 9.17) is 5.73 Å². The normalized spacial score (nSPS) is 11.9. The van der Waals surface area contributed by atoms with Crippen molar-refractivity contribution in [3.8, 4) is 5.75 Å². The van der Waals surface area contributed by atoms with Crippen LogP contribution in [0, 0.1) is 0 Å². The summed E-state index contributed by atoms with van der Waals surface area (Å²) < 4.78 is 26.4. The Bertz CT molecular complexity index is 515. The SMILES string of the molecule is CN(C)CCCCNS(=O)(=O)c1ccc(O)c(N)c1. The van der Waals surface area contributed by atoms with E-state index in [2.05, 4.69) is 9.62 Å². The zero-order valence-corrected chi connectivity index (χ0v) is 12.1. The van der Waals surface area contributed by atoms with Gasteiger partial charge in [-0.1, -0.05) is 0 Å². The van der Waals surface area contributed by atoms with Gasteiger partial charge in [-0.3, -0.25) is 0 Å². The van der Waals surface area contributed by atoms with Crippen LogP contribution in [0.3, 0.4) is 0 Å². The number of hydrogen-bond donors (Lipinski definition) is 3. The number of nitrogen functional groups attached to an aromatic ring is 1. The molecule has 1 rings (SSSR count). The summed E-state index contributed by atoms with van der Waals surface area (Å²) in [6, 6.07) is 3.85. The standard InChI is InChI=1S/C12H21N3O3S/c1-15(2)8-4-3-7-14-19(17,18)10-5-6-12(16)11(13)9-10/h5-6,9,14,16H,3-4,7-8,13H2,1-2H3. The number of phenolic OH excluding ortho intramolecular Hbond substituents is 1. The Morgan fingerprint density at radius 2 is 2.00 bits per heavy atom. The summed E-state index contributed by atoms with van der Waals surface area (Å²) in [6.45, 7) is 1.31. The Morgan fingerprint density at radius 1 is 1.32 bits per heavy atom. The van der Waals surface area contributed by atoms with Gasteiger partial charge >= 0.3 is 0 Å². The highest BCUT2D eigenvalue weighted by atomic mass is 32.2. The summed E-state index contributed by atoms with van der Waals surface area (Å²) >= 11 is 0. The number of nitrogens with one attached hydrogen (secondary N) is 1. The fourth-order valence-electron chi connectivity index (χ4n) is 1.54. The molecule has 0 fully saturated rings. The van der Waals surface area contributed by atoms with Crippen molar-refractivity contribution in [2.24, 2.45) is 0 Å². The maximum atomic E-state index is 11.9. The molecule has 0 aliphatic carbocycles. The van der Waals surface area contributed by atoms with E-state index >= 15 is 0 Å². The molecule has 0 aliphatic heterocycles. The minimum atomic E-state index is -3.55. The van der Waals surface area contributed by atoms with Crippen molar-refractivity contribution in [3.05, 3.63) is 18.2 Å². The number of rotatable bonds is 7. The third kappa shape index (κ3) is 5.06. The van der Waals surface area contributed by atoms with E-state index in [9.17, 15) is 13.5 Å². The molecule has 0 radical (unpaired) electrons. The molecule has 0 amide bonds. The molecular weight excluding hydrogens is 266 g/mol. The molecule has 1 aromatic rings. The van der Waals surface area contributed by atoms with Gasteiger partial charge in [0.1, 0.15) is 5.75 Å². The molecule has 108 valence electrons. The number of nitrogens with two attached hydrogens (primary N) is 1. The topological polar surface area (TPSA) is 95.7 Å². The molecule has 0 saturated carbocycles. The van der Waals surface area contributed by atoms with Crippen LogP contribution in [0.4, 0.5) is 5.69 Å². The second-order valence-electron chi connectivity index (χ2n) is 4.63. The molecule has 7 heteroatoms. The summed E-state index contributed by atoms with van der Waals surface area (Å²) in [5.41, 5.74) is 5.53. The highest BCUT2D eigenvalue weighted by Crippen LogP contribution is 2.22. The van der Waals surface area contributed by atoms with Crippen LogP contribution in [-0.4, -0.2) is 45.6 Å². The maximum Gasteiger partial charge on any atom is 0.240 e. The van der Waals surface area contributed by atoms with Gasteiger partial charge in [0.05, 0.1) is 10.6 Å². The van der Waals surface area contributed by atoms with Crippen LogP contribution in [-0.2, 0) is 10.0 Å². The van der Waals surface area contributed by atoms with Crippen molar-refractivity contribution in [2.45, 2.75) is 17.7 Å². The van der Waals surface area contributed by atoms with Crippen molar-refractivity contribution in [3.63, 3.8) is 0 Å². The number of aromatic hydroxyl groups is 1. The van der Waals surface area contributed by atoms with Crippen LogP contribution >= 0.6 is 0 Å². The largest absolute Gasteiger partial charge is 0.506 e. The molecule has 0 saturated heterocycles. The van der Waals surface area contributed by atoms with Gasteiger partial charge in [-0.05, 0) is 51.7 Å². The van der Waals surface area contributed by atoms with Crippen LogP contribution in [0.15, 0.2) is 23.1 Å². The molecule has 0 unspecified atom stereocenters. The van der Waals surface area contributed by atoms with Crippen LogP contribution in [0.5, 0.6) is 5.75 Å². The van der Waals surface area contributed by atoms with Crippen LogP contribution in [0.2, 0.25) is 0 Å². The first-order valence-corrected chi connectivity index (χ1v) is 7.54. The second-order valence-corrected chi connectivity index (χ2v) is 6.40. The molecule has 0 spiro atoms. The molecule has 4 N–H and O–H groups in total. The van der Waals surface area contributed by atoms with E-state index < -0.39 is 10.0 Å². The van der Waals surface area contributed by atoms with E-state index in [-0.39, 0.29) is 16.3 Å². The third-order valence-electron chi connectivity index (χ3n) is 2.63. The fraction of sp³-hybridized carbons (Fsp3) is 0.500. The molecule has 0 aromatic heterocycles. The Hall–Kier alpha value is -1.31. The number of sulfonamides is 1. The zero-order chi connectivity index (χ0) is 14.5. The van der Waals surface area contributed by atoms with E-state index in [0.717, 1.165) is 19.4 Å². The monoisotopic (exact) mass is 287 g/mol. The summed E-state index contributed by atoms with van der Waals surface area (Å²) in [5, 5.41) is 9.26. The molecule has 0 aliphatic rings. The predicted molar refractivity (Wildman–Crippen MR) is 75.5 cm³/mol. The van der Waals surface area contributed by atoms with E-state index in [0.29, 0.717) is 6.54 Å². The van der Waals surface area contributed by atoms with Crippen LogP contribution < -0.4 is 10.5 Å². The lowest BCUT2D eigenvalue weighted by molar-refractivity contribution is 0.394. The number of nitrogens with zero attached hydrogens (tertiary/aromatic N) is 1. The second kappa shape index (κ2) is 6.74. The summed E-state index contributed by atoms with van der Waals surface area (Å²) in [6.07, 6.45) is 1.69. The lowest BCUT2D eigenvalue weighted by Gasteiger charge is -2.10. The maximum absolute atomic E-state index is 11.9. The number of hydrogen-bond acceptors (Lipinski definition) is 5. The molecular formula is C12H21N3O3S. The minimum absolute atomic E-state index is 0.0514. The fourth-order valence-corrected chi connectivity index (χ4v) is 2.65. The molecule has 1 aromatic carbocycles. The minimum Gasteiger partial charge on any atom is -0.506 e. The number of unbranched alkanes of at least 4 members (excludes halogenated alkanes) is 1. The summed E-state index contributed by atoms with van der Waals surface area (Å²) in [4.78, 5) is 2.12. The van der Waals surface area contributed by atoms with Gasteiger partial charge in [-0.15, -0.1) is 0 Å². The number of benzene rings is 1. The molecule has 0 heterocycles. The number of phenols is 1. The average molecular weight is 287 g/mol. The van der Waals surface area contributed by atoms with Gasteiger partial charge < -0.3 is 15.7 Å². The van der Waals surface area contributed by atoms with Gasteiger partial charge in [-0.25, -0.2) is 13.1 Å². The Labute approximate surface area is 114 Å². The summed E-state index contributed by atoms with van der Waals surface area (Å²) in [5.74, 6) is -0.120. The quantitative estimate of drug-likeness (QED) is 0.387. The van der Waals surface area contributed by atoms with Gasteiger partial charge in [-0.2, -0.15) is 0 Å². The van der Waals surface area contributed by atoms with Gasteiger partial charge in [0, 0.05) is 6.54 Å². The Balaban J connectivity index is 2.54. The highest BCUT2D eigenvalue weighted by molar-refractivity contribution is 7.89. The van der Waals surface area contributed by atoms with Crippen molar-refractivity contribution in [1.82, 2.24) is 9.62 Å². The first-order valence-electron chi connectivity index (χ1n) is 6.06. The highest BCUT2D eigenvalue weighted by Gasteiger charge is 2.14. The van der Waals surface area contributed by atoms with E-state index in [1.54, 1.807) is 0 Å². The van der Waals surface area contributed by atoms with E-state index in [1.807, 2.05) is 14.1 Å². The zero-order valence-electron chi connectivity index (χ0n) is 11.3. The Kier molecular flexibility index (Phi) is 5.59. The van der Waals surface area contributed by atoms with Crippen LogP contribution in [0.25, 0.3) is 0 Å². The first-order chi connectivity index (χ1) is 8.83.